The molecule has 1 amide bonds. The number of amides is 1. The lowest BCUT2D eigenvalue weighted by molar-refractivity contribution is -0.173. The molecule has 1 aromatic carbocycles. The SMILES string of the molecule is O=C(NCCOCC(F)(F)F)c1ccccc1OC(F)F. The molecule has 9 heteroatoms. The molecule has 0 aliphatic carbocycles. The van der Waals surface area contributed by atoms with Gasteiger partial charge in [0.1, 0.15) is 12.4 Å². The van der Waals surface area contributed by atoms with Gasteiger partial charge in [0.05, 0.1) is 12.2 Å². The van der Waals surface area contributed by atoms with Crippen molar-refractivity contribution in [3.63, 3.8) is 0 Å². The summed E-state index contributed by atoms with van der Waals surface area (Å²) in [5.41, 5.74) is -0.145. The minimum absolute atomic E-state index is 0.145. The normalized spacial score (nSPS) is 11.5. The number of para-hydroxylation sites is 1. The summed E-state index contributed by atoms with van der Waals surface area (Å²) < 4.78 is 68.1. The molecule has 0 atom stereocenters. The predicted molar refractivity (Wildman–Crippen MR) is 62.3 cm³/mol. The van der Waals surface area contributed by atoms with Crippen molar-refractivity contribution in [2.75, 3.05) is 19.8 Å². The molecule has 0 aromatic heterocycles. The molecular weight excluding hydrogens is 301 g/mol. The molecule has 1 N–H and O–H groups in total. The lowest BCUT2D eigenvalue weighted by Crippen LogP contribution is -2.29. The predicted octanol–water partition coefficient (Wildman–Crippen LogP) is 2.60. The zero-order chi connectivity index (χ0) is 15.9. The van der Waals surface area contributed by atoms with E-state index < -0.39 is 25.3 Å². The van der Waals surface area contributed by atoms with Crippen LogP contribution in [0.2, 0.25) is 0 Å². The molecular formula is C12H12F5NO3. The van der Waals surface area contributed by atoms with Crippen LogP contribution in [0, 0.1) is 0 Å². The van der Waals surface area contributed by atoms with Crippen LogP contribution in [0.15, 0.2) is 24.3 Å². The quantitative estimate of drug-likeness (QED) is 0.622. The minimum atomic E-state index is -4.44. The highest BCUT2D eigenvalue weighted by atomic mass is 19.4. The van der Waals surface area contributed by atoms with Crippen molar-refractivity contribution in [3.05, 3.63) is 29.8 Å². The van der Waals surface area contributed by atoms with Crippen molar-refractivity contribution in [2.24, 2.45) is 0 Å². The average molecular weight is 313 g/mol. The maximum absolute atomic E-state index is 12.1. The van der Waals surface area contributed by atoms with Crippen LogP contribution in [0.5, 0.6) is 5.75 Å². The van der Waals surface area contributed by atoms with Crippen LogP contribution in [0.1, 0.15) is 10.4 Å². The fourth-order valence-electron chi connectivity index (χ4n) is 1.37. The lowest BCUT2D eigenvalue weighted by Gasteiger charge is -2.11. The first-order valence-corrected chi connectivity index (χ1v) is 5.76. The fraction of sp³-hybridized carbons (Fsp3) is 0.417. The number of ether oxygens (including phenoxy) is 2. The van der Waals surface area contributed by atoms with Crippen molar-refractivity contribution in [2.45, 2.75) is 12.8 Å². The van der Waals surface area contributed by atoms with E-state index in [9.17, 15) is 26.7 Å². The van der Waals surface area contributed by atoms with Gasteiger partial charge in [-0.2, -0.15) is 22.0 Å². The van der Waals surface area contributed by atoms with Crippen LogP contribution in [0.4, 0.5) is 22.0 Å². The number of benzene rings is 1. The van der Waals surface area contributed by atoms with Gasteiger partial charge in [-0.15, -0.1) is 0 Å². The molecule has 118 valence electrons. The molecule has 1 aromatic rings. The molecule has 0 aliphatic heterocycles. The number of alkyl halides is 5. The molecule has 0 aliphatic rings. The van der Waals surface area contributed by atoms with Gasteiger partial charge in [-0.3, -0.25) is 4.79 Å². The summed E-state index contributed by atoms with van der Waals surface area (Å²) in [7, 11) is 0. The van der Waals surface area contributed by atoms with Gasteiger partial charge >= 0.3 is 12.8 Å². The molecule has 0 heterocycles. The Morgan fingerprint density at radius 1 is 1.24 bits per heavy atom. The van der Waals surface area contributed by atoms with Crippen LogP contribution in [-0.4, -0.2) is 38.5 Å². The molecule has 0 saturated carbocycles. The number of hydrogen-bond acceptors (Lipinski definition) is 3. The highest BCUT2D eigenvalue weighted by Gasteiger charge is 2.27. The van der Waals surface area contributed by atoms with Crippen molar-refractivity contribution in [1.82, 2.24) is 5.32 Å². The molecule has 0 radical (unpaired) electrons. The summed E-state index contributed by atoms with van der Waals surface area (Å²) >= 11 is 0. The second-order valence-electron chi connectivity index (χ2n) is 3.80. The van der Waals surface area contributed by atoms with Gasteiger partial charge in [0, 0.05) is 6.54 Å². The third-order valence-corrected chi connectivity index (χ3v) is 2.15. The van der Waals surface area contributed by atoms with E-state index in [2.05, 4.69) is 14.8 Å². The first-order chi connectivity index (χ1) is 9.79. The number of halogens is 5. The Bertz CT molecular complexity index is 464. The van der Waals surface area contributed by atoms with Gasteiger partial charge in [0.25, 0.3) is 5.91 Å². The molecule has 21 heavy (non-hydrogen) atoms. The Morgan fingerprint density at radius 3 is 2.52 bits per heavy atom. The summed E-state index contributed by atoms with van der Waals surface area (Å²) in [6.07, 6.45) is -4.44. The largest absolute Gasteiger partial charge is 0.434 e. The van der Waals surface area contributed by atoms with E-state index in [1.54, 1.807) is 0 Å². The van der Waals surface area contributed by atoms with E-state index in [4.69, 9.17) is 0 Å². The Labute approximate surface area is 116 Å². The summed E-state index contributed by atoms with van der Waals surface area (Å²) in [6.45, 7) is -5.07. The number of hydrogen-bond donors (Lipinski definition) is 1. The Kier molecular flexibility index (Phi) is 6.35. The number of carbonyl (C=O) groups excluding carboxylic acids is 1. The van der Waals surface area contributed by atoms with Gasteiger partial charge in [0.15, 0.2) is 0 Å². The topological polar surface area (TPSA) is 47.6 Å². The molecule has 4 nitrogen and oxygen atoms in total. The third kappa shape index (κ3) is 6.89. The maximum Gasteiger partial charge on any atom is 0.411 e. The molecule has 0 spiro atoms. The van der Waals surface area contributed by atoms with Crippen LogP contribution in [0.3, 0.4) is 0 Å². The Hall–Kier alpha value is -1.90. The maximum atomic E-state index is 12.1. The van der Waals surface area contributed by atoms with E-state index in [0.29, 0.717) is 0 Å². The molecule has 0 fully saturated rings. The van der Waals surface area contributed by atoms with Crippen molar-refractivity contribution in [1.29, 1.82) is 0 Å². The van der Waals surface area contributed by atoms with E-state index in [1.165, 1.54) is 24.3 Å². The van der Waals surface area contributed by atoms with E-state index in [1.807, 2.05) is 0 Å². The van der Waals surface area contributed by atoms with Crippen LogP contribution >= 0.6 is 0 Å². The first kappa shape index (κ1) is 17.2. The van der Waals surface area contributed by atoms with Gasteiger partial charge in [-0.25, -0.2) is 0 Å². The fourth-order valence-corrected chi connectivity index (χ4v) is 1.37. The van der Waals surface area contributed by atoms with Gasteiger partial charge in [-0.1, -0.05) is 12.1 Å². The highest BCUT2D eigenvalue weighted by Crippen LogP contribution is 2.20. The smallest absolute Gasteiger partial charge is 0.411 e. The van der Waals surface area contributed by atoms with Crippen molar-refractivity contribution < 1.29 is 36.2 Å². The second-order valence-corrected chi connectivity index (χ2v) is 3.80. The van der Waals surface area contributed by atoms with Crippen molar-refractivity contribution >= 4 is 5.91 Å². The highest BCUT2D eigenvalue weighted by molar-refractivity contribution is 5.96. The molecule has 0 unspecified atom stereocenters. The number of carbonyl (C=O) groups is 1. The Balaban J connectivity index is 2.45. The number of rotatable bonds is 7. The van der Waals surface area contributed by atoms with Crippen LogP contribution in [0.25, 0.3) is 0 Å². The third-order valence-electron chi connectivity index (χ3n) is 2.15. The molecule has 0 bridgehead atoms. The average Bonchev–Trinajstić information content (AvgIpc) is 2.36. The summed E-state index contributed by atoms with van der Waals surface area (Å²) in [5.74, 6) is -1.07. The standard InChI is InChI=1S/C12H12F5NO3/c13-11(14)21-9-4-2-1-3-8(9)10(19)18-5-6-20-7-12(15,16)17/h1-4,11H,5-7H2,(H,18,19). The number of nitrogens with one attached hydrogen (secondary N) is 1. The van der Waals surface area contributed by atoms with Crippen molar-refractivity contribution in [3.8, 4) is 5.75 Å². The zero-order valence-corrected chi connectivity index (χ0v) is 10.6. The first-order valence-electron chi connectivity index (χ1n) is 5.76. The minimum Gasteiger partial charge on any atom is -0.434 e. The van der Waals surface area contributed by atoms with Crippen LogP contribution in [-0.2, 0) is 4.74 Å². The van der Waals surface area contributed by atoms with Gasteiger partial charge in [-0.05, 0) is 12.1 Å². The molecule has 1 rings (SSSR count). The van der Waals surface area contributed by atoms with E-state index in [-0.39, 0.29) is 24.5 Å². The van der Waals surface area contributed by atoms with E-state index >= 15 is 0 Å². The second kappa shape index (κ2) is 7.77. The summed E-state index contributed by atoms with van der Waals surface area (Å²) in [5, 5.41) is 2.24. The molecule has 0 saturated heterocycles. The lowest BCUT2D eigenvalue weighted by atomic mass is 10.2. The van der Waals surface area contributed by atoms with Crippen LogP contribution < -0.4 is 10.1 Å². The zero-order valence-electron chi connectivity index (χ0n) is 10.6. The summed E-state index contributed by atoms with van der Waals surface area (Å²) in [4.78, 5) is 11.7. The van der Waals surface area contributed by atoms with Gasteiger partial charge in [0.2, 0.25) is 0 Å². The monoisotopic (exact) mass is 313 g/mol. The Morgan fingerprint density at radius 2 is 1.90 bits per heavy atom. The van der Waals surface area contributed by atoms with E-state index in [0.717, 1.165) is 0 Å². The van der Waals surface area contributed by atoms with Gasteiger partial charge < -0.3 is 14.8 Å². The summed E-state index contributed by atoms with van der Waals surface area (Å²) in [6, 6.07) is 5.28.